The Balaban J connectivity index is 1.50. The number of nitrogens with two attached hydrogens (primary N) is 4. The molecule has 1 saturated carbocycles. The number of carboxylic acid groups (broad SMARTS) is 2. The SMILES string of the molecule is Cc1cccc(C[C@@H]2NC(=O)[C@H](CC(=O)O)NC(=O)[C@H](Cc3ccc(O)cc3)NC(=O)[C@H](CC(N)=O)NC(=O)CSC[C@@H](C(=O)N[C@H](C)C(N)=O)NC(=O)[C@H](CCC(=O)O)NC(=O)[C@H](C(C)(C)O)NC(=O)[C@H](CC3CCCCC3)NC(=O)[C@H](CCN)NC(=O)[C@@H](CC(C)C)NC(=O)[C@H](C)N(C)C(=O)[C@H](CCCNC(N)=O)NC(=O)[C@H](Cc3ccc(-c4ccccc4)cc3)NC(=O)[C@H](C(C)C)NC2=O)c1. The first-order valence-electron chi connectivity index (χ1n) is 46.0. The first-order valence-corrected chi connectivity index (χ1v) is 47.2. The Kier molecular flexibility index (Phi) is 45.5. The molecule has 1 saturated heterocycles. The van der Waals surface area contributed by atoms with Crippen molar-refractivity contribution in [3.63, 3.8) is 0 Å². The van der Waals surface area contributed by atoms with Crippen molar-refractivity contribution in [2.45, 2.75) is 268 Å². The number of carbonyl (C=O) groups is 20. The predicted octanol–water partition coefficient (Wildman–Crippen LogP) is -2.26. The van der Waals surface area contributed by atoms with Crippen LogP contribution in [0.2, 0.25) is 0 Å². The number of carbonyl (C=O) groups excluding carboxylic acids is 18. The number of rotatable bonds is 29. The van der Waals surface area contributed by atoms with Gasteiger partial charge in [0.05, 0.1) is 24.2 Å². The molecule has 2 aliphatic rings. The molecule has 0 spiro atoms. The Morgan fingerprint density at radius 2 is 1.00 bits per heavy atom. The minimum atomic E-state index is -2.28. The van der Waals surface area contributed by atoms with E-state index in [9.17, 15) is 92.3 Å². The minimum Gasteiger partial charge on any atom is -0.508 e. The molecule has 0 aromatic heterocycles. The number of aryl methyl sites for hydroxylation is 1. The molecule has 1 aliphatic carbocycles. The Hall–Kier alpha value is -13.9. The van der Waals surface area contributed by atoms with Gasteiger partial charge in [0.2, 0.25) is 100 Å². The van der Waals surface area contributed by atoms with Crippen molar-refractivity contribution in [1.82, 2.24) is 84.7 Å². The first kappa shape index (κ1) is 114. The van der Waals surface area contributed by atoms with E-state index in [2.05, 4.69) is 79.8 Å². The van der Waals surface area contributed by atoms with E-state index in [-0.39, 0.29) is 81.2 Å². The van der Waals surface area contributed by atoms with Crippen molar-refractivity contribution < 1.29 is 116 Å². The highest BCUT2D eigenvalue weighted by Gasteiger charge is 2.43. The number of phenolic OH excluding ortho intramolecular Hbond substituents is 1. The lowest BCUT2D eigenvalue weighted by atomic mass is 9.84. The molecule has 15 atom stereocenters. The average Bonchev–Trinajstić information content (AvgIpc) is 0.830. The highest BCUT2D eigenvalue weighted by Crippen LogP contribution is 2.29. The van der Waals surface area contributed by atoms with Gasteiger partial charge in [0.1, 0.15) is 96.4 Å². The van der Waals surface area contributed by atoms with Crippen molar-refractivity contribution in [3.05, 3.63) is 125 Å². The zero-order valence-corrected chi connectivity index (χ0v) is 80.5. The summed E-state index contributed by atoms with van der Waals surface area (Å²) in [6.07, 6.45) is -2.40. The third kappa shape index (κ3) is 38.6. The molecule has 1 heterocycles. The summed E-state index contributed by atoms with van der Waals surface area (Å²) >= 11 is 0.562. The standard InChI is InChI=1S/C94H134N20O24S/c1-49(2)39-64-82(126)102-62(36-37-95)81(125)106-67(41-54-20-13-11-14-21-54)88(132)113-77(94(8,9)138)91(135)103-61(34-35-74(118)119)80(124)111-71(89(133)100-52(6)78(97)122)47-139-48-73(117)101-69(45-72(96)116)85(129)107-65(43-56-28-32-60(115)33-29-56)84(128)109-70(46-75(120)121)86(130)108-68(44-57-22-17-19-51(5)40-57)87(131)112-76(50(3)4)90(134)110-66(42-55-26-30-59(31-27-55)58-23-15-12-16-24-58)83(127)104-63(25-18-38-99-93(98)137)92(136)114(10)53(7)79(123)105-64/h12,15-17,19,22-24,26-33,40,49-50,52-54,61-71,76-77,115,138H,11,13-14,18,20-21,25,34-39,41-48,95H2,1-10H3,(H2,96,116)(H2,97,122)(H,100,133)(H,101,117)(H,102,126)(H,103,135)(H,104,127)(H,105,123)(H,106,125)(H,107,129)(H,108,130)(H,109,128)(H,110,134)(H,111,124)(H,112,131)(H,113,132)(H,118,119)(H,120,121)(H3,98,99,137)/t52-,53+,61+,62+,63+,64-,65+,66+,67+,68+,69+,70+,71+,76+,77-/m1/s1. The van der Waals surface area contributed by atoms with E-state index in [1.807, 2.05) is 30.3 Å². The Morgan fingerprint density at radius 1 is 0.511 bits per heavy atom. The number of hydrogen-bond donors (Lipinski definition) is 23. The zero-order valence-electron chi connectivity index (χ0n) is 79.7. The van der Waals surface area contributed by atoms with Gasteiger partial charge in [0.15, 0.2) is 0 Å². The molecule has 44 nitrogen and oxygen atoms in total. The van der Waals surface area contributed by atoms with Gasteiger partial charge in [-0.05, 0) is 137 Å². The third-order valence-electron chi connectivity index (χ3n) is 23.3. The molecular formula is C94H134N20O24S. The number of aliphatic carboxylic acids is 2. The molecule has 0 radical (unpaired) electrons. The number of amides is 19. The molecule has 6 rings (SSSR count). The van der Waals surface area contributed by atoms with Crippen molar-refractivity contribution in [2.75, 3.05) is 31.6 Å². The zero-order chi connectivity index (χ0) is 103. The number of urea groups is 1. The first-order chi connectivity index (χ1) is 65.5. The summed E-state index contributed by atoms with van der Waals surface area (Å²) < 4.78 is 0. The number of aliphatic hydroxyl groups is 1. The summed E-state index contributed by atoms with van der Waals surface area (Å²) in [7, 11) is 1.23. The number of nitrogens with zero attached hydrogens (tertiary/aromatic N) is 1. The molecule has 1 aliphatic heterocycles. The average molecular weight is 1960 g/mol. The van der Waals surface area contributed by atoms with E-state index in [1.54, 1.807) is 69.3 Å². The molecule has 19 amide bonds. The fourth-order valence-corrected chi connectivity index (χ4v) is 16.4. The van der Waals surface area contributed by atoms with Gasteiger partial charge in [-0.25, -0.2) is 4.79 Å². The van der Waals surface area contributed by atoms with Crippen LogP contribution in [-0.4, -0.2) is 272 Å². The molecule has 45 heteroatoms. The molecule has 139 heavy (non-hydrogen) atoms. The van der Waals surface area contributed by atoms with Crippen LogP contribution < -0.4 is 103 Å². The lowest BCUT2D eigenvalue weighted by molar-refractivity contribution is -0.143. The van der Waals surface area contributed by atoms with Gasteiger partial charge in [0, 0.05) is 45.0 Å². The quantitative estimate of drug-likeness (QED) is 0.0255. The van der Waals surface area contributed by atoms with E-state index in [4.69, 9.17) is 22.9 Å². The monoisotopic (exact) mass is 1960 g/mol. The van der Waals surface area contributed by atoms with Crippen LogP contribution in [0, 0.1) is 24.7 Å². The van der Waals surface area contributed by atoms with Crippen LogP contribution in [0.15, 0.2) is 103 Å². The molecule has 0 unspecified atom stereocenters. The highest BCUT2D eigenvalue weighted by atomic mass is 32.2. The molecule has 27 N–H and O–H groups in total. The van der Waals surface area contributed by atoms with E-state index >= 15 is 24.0 Å². The van der Waals surface area contributed by atoms with Gasteiger partial charge < -0.3 is 128 Å². The van der Waals surface area contributed by atoms with Crippen molar-refractivity contribution in [1.29, 1.82) is 0 Å². The predicted molar refractivity (Wildman–Crippen MR) is 509 cm³/mol. The second-order valence-corrected chi connectivity index (χ2v) is 37.3. The maximum absolute atomic E-state index is 15.4. The highest BCUT2D eigenvalue weighted by molar-refractivity contribution is 8.00. The summed E-state index contributed by atoms with van der Waals surface area (Å²) in [6, 6.07) is 0.806. The summed E-state index contributed by atoms with van der Waals surface area (Å²) in [5.41, 5.74) is 23.7. The smallest absolute Gasteiger partial charge is 0.312 e. The molecule has 760 valence electrons. The van der Waals surface area contributed by atoms with E-state index in [1.165, 1.54) is 59.0 Å². The van der Waals surface area contributed by atoms with E-state index in [0.717, 1.165) is 49.1 Å². The van der Waals surface area contributed by atoms with Crippen LogP contribution in [0.1, 0.15) is 168 Å². The molecule has 4 aromatic carbocycles. The number of benzene rings is 4. The molecule has 0 bridgehead atoms. The normalized spacial score (nSPS) is 23.8. The second-order valence-electron chi connectivity index (χ2n) is 36.2. The van der Waals surface area contributed by atoms with Gasteiger partial charge in [-0.3, -0.25) is 91.1 Å². The lowest BCUT2D eigenvalue weighted by Gasteiger charge is -2.33. The van der Waals surface area contributed by atoms with Gasteiger partial charge in [-0.2, -0.15) is 0 Å². The van der Waals surface area contributed by atoms with Crippen molar-refractivity contribution in [2.24, 2.45) is 40.7 Å². The maximum Gasteiger partial charge on any atom is 0.312 e. The number of carboxylic acids is 2. The van der Waals surface area contributed by atoms with Crippen molar-refractivity contribution >= 4 is 130 Å². The maximum atomic E-state index is 15.4. The topological polar surface area (TPSA) is 710 Å². The van der Waals surface area contributed by atoms with Crippen LogP contribution in [-0.2, 0) is 110 Å². The number of likely N-dealkylation sites (N-methyl/N-ethyl adjacent to an activating group) is 1. The summed E-state index contributed by atoms with van der Waals surface area (Å²) in [5.74, 6) is -25.4. The molecule has 4 aromatic rings. The Morgan fingerprint density at radius 3 is 1.55 bits per heavy atom. The van der Waals surface area contributed by atoms with Crippen LogP contribution in [0.4, 0.5) is 4.79 Å². The molecule has 2 fully saturated rings. The summed E-state index contributed by atoms with van der Waals surface area (Å²) in [5, 5.41) is 80.0. The van der Waals surface area contributed by atoms with Crippen LogP contribution in [0.3, 0.4) is 0 Å². The number of thioether (sulfide) groups is 1. The number of nitrogens with one attached hydrogen (secondary N) is 15. The number of primary amides is 3. The number of hydrogen-bond acceptors (Lipinski definition) is 24. The van der Waals surface area contributed by atoms with E-state index < -0.39 is 264 Å². The number of aromatic hydroxyl groups is 1. The van der Waals surface area contributed by atoms with Crippen molar-refractivity contribution in [3.8, 4) is 16.9 Å². The third-order valence-corrected chi connectivity index (χ3v) is 24.4. The van der Waals surface area contributed by atoms with Gasteiger partial charge in [-0.15, -0.1) is 11.8 Å². The fourth-order valence-electron chi connectivity index (χ4n) is 15.5. The lowest BCUT2D eigenvalue weighted by Crippen LogP contribution is -2.64. The number of phenols is 1. The van der Waals surface area contributed by atoms with Gasteiger partial charge >= 0.3 is 18.0 Å². The Labute approximate surface area is 809 Å². The summed E-state index contributed by atoms with van der Waals surface area (Å²) in [6.45, 7) is 12.5. The van der Waals surface area contributed by atoms with Gasteiger partial charge in [-0.1, -0.05) is 156 Å². The largest absolute Gasteiger partial charge is 0.508 e. The van der Waals surface area contributed by atoms with Crippen LogP contribution in [0.25, 0.3) is 11.1 Å². The Bertz CT molecular complexity index is 4980. The van der Waals surface area contributed by atoms with Crippen LogP contribution >= 0.6 is 11.8 Å². The minimum absolute atomic E-state index is 0.0512. The van der Waals surface area contributed by atoms with E-state index in [0.29, 0.717) is 41.3 Å². The van der Waals surface area contributed by atoms with Gasteiger partial charge in [0.25, 0.3) is 0 Å². The fraction of sp³-hybridized carbons (Fsp3) is 0.532. The second kappa shape index (κ2) is 55.5. The molecular weight excluding hydrogens is 1830 g/mol. The van der Waals surface area contributed by atoms with Crippen LogP contribution in [0.5, 0.6) is 5.75 Å². The summed E-state index contributed by atoms with van der Waals surface area (Å²) in [4.78, 5) is 286.